The van der Waals surface area contributed by atoms with Crippen LogP contribution in [0.1, 0.15) is 22.8 Å². The van der Waals surface area contributed by atoms with Crippen LogP contribution in [0.25, 0.3) is 0 Å². The van der Waals surface area contributed by atoms with Crippen LogP contribution < -0.4 is 14.4 Å². The van der Waals surface area contributed by atoms with E-state index in [-0.39, 0.29) is 0 Å². The van der Waals surface area contributed by atoms with E-state index in [2.05, 4.69) is 41.8 Å². The van der Waals surface area contributed by atoms with E-state index in [0.29, 0.717) is 12.3 Å². The van der Waals surface area contributed by atoms with Crippen LogP contribution in [0.3, 0.4) is 0 Å². The van der Waals surface area contributed by atoms with E-state index < -0.39 is 6.10 Å². The van der Waals surface area contributed by atoms with E-state index in [1.807, 2.05) is 18.2 Å². The lowest BCUT2D eigenvalue weighted by molar-refractivity contribution is 0.107. The topological polar surface area (TPSA) is 45.2 Å². The van der Waals surface area contributed by atoms with E-state index in [1.54, 1.807) is 14.2 Å². The number of hydrogen-bond acceptors (Lipinski definition) is 5. The summed E-state index contributed by atoms with van der Waals surface area (Å²) in [4.78, 5) is 4.75. The molecule has 5 nitrogen and oxygen atoms in total. The maximum Gasteiger partial charge on any atom is 0.124 e. The number of piperazine rings is 1. The monoisotopic (exact) mass is 370 g/mol. The molecule has 1 N–H and O–H groups in total. The van der Waals surface area contributed by atoms with E-state index in [9.17, 15) is 5.11 Å². The SMILES string of the molecule is COc1ccc(OC)c([C@@H](O)CN2CCN(c3cccc(C)c3C)CC2)c1. The normalized spacial score (nSPS) is 16.3. The van der Waals surface area contributed by atoms with Gasteiger partial charge in [0.25, 0.3) is 0 Å². The molecular weight excluding hydrogens is 340 g/mol. The van der Waals surface area contributed by atoms with Crippen LogP contribution in [-0.2, 0) is 0 Å². The number of rotatable bonds is 6. The van der Waals surface area contributed by atoms with Crippen molar-refractivity contribution in [2.75, 3.05) is 51.8 Å². The molecule has 0 spiro atoms. The van der Waals surface area contributed by atoms with Crippen LogP contribution in [0.2, 0.25) is 0 Å². The van der Waals surface area contributed by atoms with Crippen molar-refractivity contribution in [3.05, 3.63) is 53.1 Å². The molecule has 1 saturated heterocycles. The van der Waals surface area contributed by atoms with Crippen LogP contribution in [0.15, 0.2) is 36.4 Å². The molecule has 0 amide bonds. The quantitative estimate of drug-likeness (QED) is 0.846. The Labute approximate surface area is 162 Å². The first-order valence-corrected chi connectivity index (χ1v) is 9.47. The molecule has 0 aliphatic carbocycles. The molecule has 146 valence electrons. The predicted octanol–water partition coefficient (Wildman–Crippen LogP) is 3.18. The van der Waals surface area contributed by atoms with Gasteiger partial charge in [-0.05, 0) is 49.2 Å². The largest absolute Gasteiger partial charge is 0.497 e. The second-order valence-corrected chi connectivity index (χ2v) is 7.13. The van der Waals surface area contributed by atoms with Crippen molar-refractivity contribution in [2.45, 2.75) is 20.0 Å². The molecule has 1 fully saturated rings. The summed E-state index contributed by atoms with van der Waals surface area (Å²) in [5, 5.41) is 10.8. The molecule has 0 aromatic heterocycles. The number of aliphatic hydroxyl groups is 1. The van der Waals surface area contributed by atoms with Gasteiger partial charge in [0.2, 0.25) is 0 Å². The Hall–Kier alpha value is -2.24. The Kier molecular flexibility index (Phi) is 6.24. The van der Waals surface area contributed by atoms with Gasteiger partial charge in [-0.15, -0.1) is 0 Å². The molecule has 0 radical (unpaired) electrons. The maximum atomic E-state index is 10.8. The highest BCUT2D eigenvalue weighted by atomic mass is 16.5. The first-order valence-electron chi connectivity index (χ1n) is 9.47. The summed E-state index contributed by atoms with van der Waals surface area (Å²) in [7, 11) is 3.26. The number of ether oxygens (including phenoxy) is 2. The molecule has 0 unspecified atom stereocenters. The minimum absolute atomic E-state index is 0.587. The standard InChI is InChI=1S/C22H30N2O3/c1-16-6-5-7-20(17(16)2)24-12-10-23(11-13-24)15-21(25)19-14-18(26-3)8-9-22(19)27-4/h5-9,14,21,25H,10-13,15H2,1-4H3/t21-/m0/s1. The van der Waals surface area contributed by atoms with Gasteiger partial charge >= 0.3 is 0 Å². The summed E-state index contributed by atoms with van der Waals surface area (Å²) in [6, 6.07) is 12.0. The van der Waals surface area contributed by atoms with Crippen molar-refractivity contribution in [1.82, 2.24) is 4.90 Å². The summed E-state index contributed by atoms with van der Waals surface area (Å²) < 4.78 is 10.7. The first kappa shape index (κ1) is 19.5. The molecule has 1 aliphatic heterocycles. The van der Waals surface area contributed by atoms with E-state index in [1.165, 1.54) is 16.8 Å². The second kappa shape index (κ2) is 8.63. The number of β-amino-alcohol motifs (C(OH)–C–C–N with tert-alkyl or cyclic N) is 1. The van der Waals surface area contributed by atoms with E-state index in [0.717, 1.165) is 37.5 Å². The summed E-state index contributed by atoms with van der Waals surface area (Å²) in [6.07, 6.45) is -0.609. The first-order chi connectivity index (χ1) is 13.0. The lowest BCUT2D eigenvalue weighted by Gasteiger charge is -2.37. The molecule has 2 aromatic rings. The molecule has 0 bridgehead atoms. The number of nitrogens with zero attached hydrogens (tertiary/aromatic N) is 2. The Balaban J connectivity index is 1.63. The molecule has 5 heteroatoms. The van der Waals surface area contributed by atoms with Gasteiger partial charge in [-0.25, -0.2) is 0 Å². The highest BCUT2D eigenvalue weighted by Gasteiger charge is 2.23. The third-order valence-corrected chi connectivity index (χ3v) is 5.52. The van der Waals surface area contributed by atoms with Gasteiger partial charge in [-0.1, -0.05) is 12.1 Å². The predicted molar refractivity (Wildman–Crippen MR) is 109 cm³/mol. The molecule has 0 saturated carbocycles. The Morgan fingerprint density at radius 3 is 2.41 bits per heavy atom. The molecular formula is C22H30N2O3. The number of anilines is 1. The summed E-state index contributed by atoms with van der Waals surface area (Å²) in [5.41, 5.74) is 4.78. The lowest BCUT2D eigenvalue weighted by Crippen LogP contribution is -2.47. The summed E-state index contributed by atoms with van der Waals surface area (Å²) in [6.45, 7) is 8.72. The Morgan fingerprint density at radius 2 is 1.74 bits per heavy atom. The maximum absolute atomic E-state index is 10.8. The fourth-order valence-corrected chi connectivity index (χ4v) is 3.69. The summed E-state index contributed by atoms with van der Waals surface area (Å²) >= 11 is 0. The highest BCUT2D eigenvalue weighted by molar-refractivity contribution is 5.56. The highest BCUT2D eigenvalue weighted by Crippen LogP contribution is 2.30. The molecule has 1 atom stereocenters. The van der Waals surface area contributed by atoms with Crippen molar-refractivity contribution < 1.29 is 14.6 Å². The van der Waals surface area contributed by atoms with Crippen LogP contribution >= 0.6 is 0 Å². The van der Waals surface area contributed by atoms with Crippen LogP contribution in [0, 0.1) is 13.8 Å². The van der Waals surface area contributed by atoms with Gasteiger partial charge in [-0.2, -0.15) is 0 Å². The van der Waals surface area contributed by atoms with Crippen LogP contribution in [0.4, 0.5) is 5.69 Å². The van der Waals surface area contributed by atoms with Crippen molar-refractivity contribution in [2.24, 2.45) is 0 Å². The number of aliphatic hydroxyl groups excluding tert-OH is 1. The van der Waals surface area contributed by atoms with Gasteiger partial charge in [0.15, 0.2) is 0 Å². The average Bonchev–Trinajstić information content (AvgIpc) is 2.70. The van der Waals surface area contributed by atoms with Crippen molar-refractivity contribution >= 4 is 5.69 Å². The molecule has 27 heavy (non-hydrogen) atoms. The van der Waals surface area contributed by atoms with Crippen molar-refractivity contribution in [1.29, 1.82) is 0 Å². The van der Waals surface area contributed by atoms with Crippen molar-refractivity contribution in [3.8, 4) is 11.5 Å². The number of methoxy groups -OCH3 is 2. The van der Waals surface area contributed by atoms with E-state index in [4.69, 9.17) is 9.47 Å². The van der Waals surface area contributed by atoms with Crippen molar-refractivity contribution in [3.63, 3.8) is 0 Å². The molecule has 3 rings (SSSR count). The van der Waals surface area contributed by atoms with Gasteiger partial charge < -0.3 is 19.5 Å². The third kappa shape index (κ3) is 4.37. The van der Waals surface area contributed by atoms with Gasteiger partial charge in [-0.3, -0.25) is 4.90 Å². The number of aryl methyl sites for hydroxylation is 1. The van der Waals surface area contributed by atoms with Crippen LogP contribution in [-0.4, -0.2) is 56.9 Å². The van der Waals surface area contributed by atoms with Gasteiger partial charge in [0, 0.05) is 44.0 Å². The molecule has 2 aromatic carbocycles. The van der Waals surface area contributed by atoms with E-state index >= 15 is 0 Å². The zero-order chi connectivity index (χ0) is 19.4. The second-order valence-electron chi connectivity index (χ2n) is 7.13. The molecule has 1 heterocycles. The fourth-order valence-electron chi connectivity index (χ4n) is 3.69. The van der Waals surface area contributed by atoms with Gasteiger partial charge in [0.05, 0.1) is 20.3 Å². The zero-order valence-electron chi connectivity index (χ0n) is 16.7. The minimum atomic E-state index is -0.609. The Bertz CT molecular complexity index is 770. The van der Waals surface area contributed by atoms with Gasteiger partial charge in [0.1, 0.15) is 11.5 Å². The smallest absolute Gasteiger partial charge is 0.124 e. The third-order valence-electron chi connectivity index (χ3n) is 5.52. The molecule has 1 aliphatic rings. The summed E-state index contributed by atoms with van der Waals surface area (Å²) in [5.74, 6) is 1.42. The number of benzene rings is 2. The zero-order valence-corrected chi connectivity index (χ0v) is 16.7. The van der Waals surface area contributed by atoms with Crippen LogP contribution in [0.5, 0.6) is 11.5 Å². The average molecular weight is 370 g/mol. The fraction of sp³-hybridized carbons (Fsp3) is 0.455. The number of hydrogen-bond donors (Lipinski definition) is 1. The Morgan fingerprint density at radius 1 is 1.00 bits per heavy atom. The lowest BCUT2D eigenvalue weighted by atomic mass is 10.1. The minimum Gasteiger partial charge on any atom is -0.497 e.